The van der Waals surface area contributed by atoms with Gasteiger partial charge in [-0.05, 0) is 43.5 Å². The van der Waals surface area contributed by atoms with Crippen molar-refractivity contribution in [2.24, 2.45) is 0 Å². The number of hydrogen-bond acceptors (Lipinski definition) is 3. The van der Waals surface area contributed by atoms with E-state index in [1.54, 1.807) is 6.20 Å². The first-order valence-corrected chi connectivity index (χ1v) is 7.01. The lowest BCUT2D eigenvalue weighted by Gasteiger charge is -2.06. The predicted octanol–water partition coefficient (Wildman–Crippen LogP) is 3.44. The molecule has 1 fully saturated rings. The molecule has 0 amide bonds. The van der Waals surface area contributed by atoms with Gasteiger partial charge in [0.15, 0.2) is 5.78 Å². The Bertz CT molecular complexity index is 591. The lowest BCUT2D eigenvalue weighted by molar-refractivity contribution is 0.0982. The van der Waals surface area contributed by atoms with E-state index in [2.05, 4.69) is 4.98 Å². The lowest BCUT2D eigenvalue weighted by atomic mass is 10.1. The molecule has 3 heteroatoms. The molecule has 0 N–H and O–H groups in total. The number of pyridine rings is 1. The van der Waals surface area contributed by atoms with Crippen LogP contribution in [-0.2, 0) is 6.42 Å². The molecule has 0 saturated heterocycles. The van der Waals surface area contributed by atoms with Crippen molar-refractivity contribution in [2.75, 3.05) is 0 Å². The molecule has 3 rings (SSSR count). The number of carbonyl (C=O) groups is 1. The number of aryl methyl sites for hydroxylation is 1. The molecular weight excluding hydrogens is 250 g/mol. The van der Waals surface area contributed by atoms with Crippen molar-refractivity contribution in [2.45, 2.75) is 31.8 Å². The molecule has 2 aromatic rings. The van der Waals surface area contributed by atoms with E-state index in [1.165, 1.54) is 0 Å². The minimum Gasteiger partial charge on any atom is -0.490 e. The standard InChI is InChI=1S/C17H17NO2/c19-17(10-7-14-5-1-2-11-18-14)13-4-3-6-16(12-13)20-15-8-9-15/h1-6,11-12,15H,7-10H2. The summed E-state index contributed by atoms with van der Waals surface area (Å²) in [5.41, 5.74) is 1.67. The van der Waals surface area contributed by atoms with E-state index in [1.807, 2.05) is 42.5 Å². The van der Waals surface area contributed by atoms with Crippen molar-refractivity contribution in [3.8, 4) is 5.75 Å². The second kappa shape index (κ2) is 5.87. The van der Waals surface area contributed by atoms with Crippen LogP contribution in [-0.4, -0.2) is 16.9 Å². The first-order valence-electron chi connectivity index (χ1n) is 7.01. The Balaban J connectivity index is 1.61. The van der Waals surface area contributed by atoms with Crippen LogP contribution in [0.3, 0.4) is 0 Å². The lowest BCUT2D eigenvalue weighted by Crippen LogP contribution is -2.03. The fourth-order valence-corrected chi connectivity index (χ4v) is 2.05. The summed E-state index contributed by atoms with van der Waals surface area (Å²) in [5, 5.41) is 0. The maximum absolute atomic E-state index is 12.2. The number of benzene rings is 1. The van der Waals surface area contributed by atoms with Gasteiger partial charge >= 0.3 is 0 Å². The Morgan fingerprint density at radius 2 is 2.10 bits per heavy atom. The maximum atomic E-state index is 12.2. The zero-order valence-corrected chi connectivity index (χ0v) is 11.3. The normalized spacial score (nSPS) is 14.0. The van der Waals surface area contributed by atoms with Crippen molar-refractivity contribution >= 4 is 5.78 Å². The third-order valence-electron chi connectivity index (χ3n) is 3.32. The van der Waals surface area contributed by atoms with Crippen molar-refractivity contribution in [1.82, 2.24) is 4.98 Å². The Hall–Kier alpha value is -2.16. The van der Waals surface area contributed by atoms with Crippen LogP contribution in [0.2, 0.25) is 0 Å². The molecule has 102 valence electrons. The molecule has 1 aromatic heterocycles. The summed E-state index contributed by atoms with van der Waals surface area (Å²) in [6.45, 7) is 0. The van der Waals surface area contributed by atoms with Crippen LogP contribution in [0.1, 0.15) is 35.3 Å². The molecule has 20 heavy (non-hydrogen) atoms. The van der Waals surface area contributed by atoms with E-state index in [0.29, 0.717) is 18.9 Å². The summed E-state index contributed by atoms with van der Waals surface area (Å²) >= 11 is 0. The minimum absolute atomic E-state index is 0.136. The number of Topliss-reactive ketones (excluding diaryl/α,β-unsaturated/α-hetero) is 1. The minimum atomic E-state index is 0.136. The van der Waals surface area contributed by atoms with Crippen LogP contribution >= 0.6 is 0 Å². The number of nitrogens with zero attached hydrogens (tertiary/aromatic N) is 1. The van der Waals surface area contributed by atoms with E-state index in [9.17, 15) is 4.79 Å². The highest BCUT2D eigenvalue weighted by molar-refractivity contribution is 5.96. The number of ketones is 1. The topological polar surface area (TPSA) is 39.2 Å². The molecule has 0 bridgehead atoms. The third-order valence-corrected chi connectivity index (χ3v) is 3.32. The molecule has 1 heterocycles. The summed E-state index contributed by atoms with van der Waals surface area (Å²) in [4.78, 5) is 16.4. The highest BCUT2D eigenvalue weighted by Crippen LogP contribution is 2.27. The summed E-state index contributed by atoms with van der Waals surface area (Å²) in [6, 6.07) is 13.2. The summed E-state index contributed by atoms with van der Waals surface area (Å²) < 4.78 is 5.71. The number of ether oxygens (including phenoxy) is 1. The molecular formula is C17H17NO2. The van der Waals surface area contributed by atoms with Gasteiger partial charge in [-0.25, -0.2) is 0 Å². The van der Waals surface area contributed by atoms with Gasteiger partial charge in [0, 0.05) is 23.9 Å². The van der Waals surface area contributed by atoms with Crippen molar-refractivity contribution in [3.63, 3.8) is 0 Å². The van der Waals surface area contributed by atoms with E-state index >= 15 is 0 Å². The Kier molecular flexibility index (Phi) is 3.77. The quantitative estimate of drug-likeness (QED) is 0.753. The average molecular weight is 267 g/mol. The second-order valence-electron chi connectivity index (χ2n) is 5.09. The van der Waals surface area contributed by atoms with Crippen molar-refractivity contribution in [3.05, 3.63) is 59.9 Å². The van der Waals surface area contributed by atoms with E-state index < -0.39 is 0 Å². The SMILES string of the molecule is O=C(CCc1ccccn1)c1cccc(OC2CC2)c1. The summed E-state index contributed by atoms with van der Waals surface area (Å²) in [5.74, 6) is 0.938. The molecule has 0 radical (unpaired) electrons. The zero-order chi connectivity index (χ0) is 13.8. The van der Waals surface area contributed by atoms with Gasteiger partial charge in [0.2, 0.25) is 0 Å². The molecule has 0 atom stereocenters. The molecule has 1 aliphatic carbocycles. The van der Waals surface area contributed by atoms with Gasteiger partial charge < -0.3 is 4.74 Å². The van der Waals surface area contributed by atoms with Gasteiger partial charge in [0.1, 0.15) is 5.75 Å². The highest BCUT2D eigenvalue weighted by atomic mass is 16.5. The Morgan fingerprint density at radius 3 is 2.85 bits per heavy atom. The molecule has 1 aliphatic rings. The number of hydrogen-bond donors (Lipinski definition) is 0. The summed E-state index contributed by atoms with van der Waals surface area (Å²) in [7, 11) is 0. The van der Waals surface area contributed by atoms with E-state index in [0.717, 1.165) is 29.8 Å². The van der Waals surface area contributed by atoms with Crippen LogP contribution in [0, 0.1) is 0 Å². The van der Waals surface area contributed by atoms with Gasteiger partial charge in [-0.2, -0.15) is 0 Å². The van der Waals surface area contributed by atoms with Gasteiger partial charge in [-0.15, -0.1) is 0 Å². The van der Waals surface area contributed by atoms with E-state index in [-0.39, 0.29) is 5.78 Å². The Labute approximate surface area is 118 Å². The largest absolute Gasteiger partial charge is 0.490 e. The van der Waals surface area contributed by atoms with E-state index in [4.69, 9.17) is 4.74 Å². The molecule has 0 aliphatic heterocycles. The number of aromatic nitrogens is 1. The van der Waals surface area contributed by atoms with Crippen molar-refractivity contribution in [1.29, 1.82) is 0 Å². The third kappa shape index (κ3) is 3.44. The van der Waals surface area contributed by atoms with Crippen molar-refractivity contribution < 1.29 is 9.53 Å². The fourth-order valence-electron chi connectivity index (χ4n) is 2.05. The number of carbonyl (C=O) groups excluding carboxylic acids is 1. The smallest absolute Gasteiger partial charge is 0.163 e. The molecule has 1 saturated carbocycles. The molecule has 0 spiro atoms. The average Bonchev–Trinajstić information content (AvgIpc) is 3.30. The van der Waals surface area contributed by atoms with Gasteiger partial charge in [0.05, 0.1) is 6.10 Å². The predicted molar refractivity (Wildman–Crippen MR) is 77.0 cm³/mol. The second-order valence-corrected chi connectivity index (χ2v) is 5.09. The van der Waals surface area contributed by atoms with Gasteiger partial charge in [0.25, 0.3) is 0 Å². The van der Waals surface area contributed by atoms with Crippen LogP contribution < -0.4 is 4.74 Å². The molecule has 0 unspecified atom stereocenters. The first kappa shape index (κ1) is 12.9. The Morgan fingerprint density at radius 1 is 1.20 bits per heavy atom. The zero-order valence-electron chi connectivity index (χ0n) is 11.3. The summed E-state index contributed by atoms with van der Waals surface area (Å²) in [6.07, 6.45) is 5.51. The van der Waals surface area contributed by atoms with Crippen LogP contribution in [0.25, 0.3) is 0 Å². The molecule has 3 nitrogen and oxygen atoms in total. The highest BCUT2D eigenvalue weighted by Gasteiger charge is 2.23. The number of rotatable bonds is 6. The van der Waals surface area contributed by atoms with Gasteiger partial charge in [-0.1, -0.05) is 18.2 Å². The van der Waals surface area contributed by atoms with Gasteiger partial charge in [-0.3, -0.25) is 9.78 Å². The monoisotopic (exact) mass is 267 g/mol. The fraction of sp³-hybridized carbons (Fsp3) is 0.294. The van der Waals surface area contributed by atoms with Crippen LogP contribution in [0.4, 0.5) is 0 Å². The first-order chi connectivity index (χ1) is 9.81. The van der Waals surface area contributed by atoms with Crippen LogP contribution in [0.15, 0.2) is 48.7 Å². The van der Waals surface area contributed by atoms with Crippen LogP contribution in [0.5, 0.6) is 5.75 Å². The maximum Gasteiger partial charge on any atom is 0.163 e. The molecule has 1 aromatic carbocycles.